The highest BCUT2D eigenvalue weighted by Gasteiger charge is 2.10. The van der Waals surface area contributed by atoms with Gasteiger partial charge in [0.25, 0.3) is 0 Å². The molecular formula is C14H19N3O. The van der Waals surface area contributed by atoms with E-state index in [0.717, 1.165) is 17.0 Å². The Morgan fingerprint density at radius 2 is 2.11 bits per heavy atom. The predicted octanol–water partition coefficient (Wildman–Crippen LogP) is 3.11. The van der Waals surface area contributed by atoms with Crippen molar-refractivity contribution in [2.45, 2.75) is 26.8 Å². The molecule has 2 rings (SSSR count). The molecule has 1 aromatic heterocycles. The van der Waals surface area contributed by atoms with E-state index in [0.29, 0.717) is 18.3 Å². The van der Waals surface area contributed by atoms with E-state index >= 15 is 0 Å². The third-order valence-corrected chi connectivity index (χ3v) is 2.70. The summed E-state index contributed by atoms with van der Waals surface area (Å²) >= 11 is 0. The zero-order chi connectivity index (χ0) is 13.1. The average molecular weight is 245 g/mol. The van der Waals surface area contributed by atoms with Gasteiger partial charge >= 0.3 is 0 Å². The molecule has 0 spiro atoms. The molecule has 18 heavy (non-hydrogen) atoms. The summed E-state index contributed by atoms with van der Waals surface area (Å²) in [5.41, 5.74) is 8.70. The van der Waals surface area contributed by atoms with Crippen molar-refractivity contribution in [2.24, 2.45) is 0 Å². The fraction of sp³-hybridized carbons (Fsp3) is 0.357. The summed E-state index contributed by atoms with van der Waals surface area (Å²) < 4.78 is 7.49. The first-order chi connectivity index (χ1) is 8.61. The molecule has 0 bridgehead atoms. The molecule has 4 heteroatoms. The van der Waals surface area contributed by atoms with Crippen LogP contribution in [0.15, 0.2) is 30.5 Å². The molecule has 2 aromatic rings. The molecule has 0 atom stereocenters. The zero-order valence-corrected chi connectivity index (χ0v) is 11.1. The van der Waals surface area contributed by atoms with Crippen LogP contribution in [0.1, 0.15) is 26.8 Å². The first-order valence-corrected chi connectivity index (χ1v) is 6.19. The van der Waals surface area contributed by atoms with E-state index in [1.807, 2.05) is 35.9 Å². The second kappa shape index (κ2) is 5.12. The van der Waals surface area contributed by atoms with E-state index in [-0.39, 0.29) is 0 Å². The van der Waals surface area contributed by atoms with Gasteiger partial charge in [-0.1, -0.05) is 0 Å². The van der Waals surface area contributed by atoms with Gasteiger partial charge in [-0.05, 0) is 39.0 Å². The lowest BCUT2D eigenvalue weighted by Crippen LogP contribution is -2.05. The van der Waals surface area contributed by atoms with Crippen LogP contribution in [0.2, 0.25) is 0 Å². The number of nitrogens with zero attached hydrogens (tertiary/aromatic N) is 2. The van der Waals surface area contributed by atoms with Crippen LogP contribution in [-0.4, -0.2) is 16.4 Å². The van der Waals surface area contributed by atoms with E-state index in [1.165, 1.54) is 0 Å². The van der Waals surface area contributed by atoms with Crippen LogP contribution in [0.25, 0.3) is 11.3 Å². The van der Waals surface area contributed by atoms with Crippen molar-refractivity contribution in [1.29, 1.82) is 0 Å². The van der Waals surface area contributed by atoms with Crippen LogP contribution in [0, 0.1) is 0 Å². The van der Waals surface area contributed by atoms with E-state index in [2.05, 4.69) is 18.9 Å². The highest BCUT2D eigenvalue weighted by Crippen LogP contribution is 2.28. The van der Waals surface area contributed by atoms with Gasteiger partial charge < -0.3 is 10.5 Å². The molecule has 0 saturated carbocycles. The Morgan fingerprint density at radius 1 is 1.33 bits per heavy atom. The SMILES string of the molecule is CCOc1cc(N)cc(-c2ccnn2C(C)C)c1. The predicted molar refractivity (Wildman–Crippen MR) is 73.6 cm³/mol. The van der Waals surface area contributed by atoms with Crippen molar-refractivity contribution in [3.05, 3.63) is 30.5 Å². The van der Waals surface area contributed by atoms with Gasteiger partial charge in [0.05, 0.1) is 12.3 Å². The maximum absolute atomic E-state index is 5.91. The van der Waals surface area contributed by atoms with Crippen molar-refractivity contribution >= 4 is 5.69 Å². The lowest BCUT2D eigenvalue weighted by Gasteiger charge is -2.13. The molecule has 0 unspecified atom stereocenters. The normalized spacial score (nSPS) is 10.9. The summed E-state index contributed by atoms with van der Waals surface area (Å²) in [5.74, 6) is 0.795. The lowest BCUT2D eigenvalue weighted by atomic mass is 10.1. The van der Waals surface area contributed by atoms with Gasteiger partial charge in [0.2, 0.25) is 0 Å². The third kappa shape index (κ3) is 2.47. The van der Waals surface area contributed by atoms with Gasteiger partial charge in [-0.15, -0.1) is 0 Å². The molecule has 96 valence electrons. The molecule has 0 fully saturated rings. The van der Waals surface area contributed by atoms with Crippen molar-refractivity contribution in [2.75, 3.05) is 12.3 Å². The first kappa shape index (κ1) is 12.5. The Balaban J connectivity index is 2.46. The highest BCUT2D eigenvalue weighted by atomic mass is 16.5. The molecule has 0 saturated heterocycles. The summed E-state index contributed by atoms with van der Waals surface area (Å²) in [6, 6.07) is 8.08. The zero-order valence-electron chi connectivity index (χ0n) is 11.1. The van der Waals surface area contributed by atoms with Gasteiger partial charge in [-0.2, -0.15) is 5.10 Å². The average Bonchev–Trinajstić information content (AvgIpc) is 2.77. The summed E-state index contributed by atoms with van der Waals surface area (Å²) in [5, 5.41) is 4.33. The molecule has 4 nitrogen and oxygen atoms in total. The minimum Gasteiger partial charge on any atom is -0.494 e. The molecular weight excluding hydrogens is 226 g/mol. The van der Waals surface area contributed by atoms with Gasteiger partial charge in [-0.25, -0.2) is 0 Å². The van der Waals surface area contributed by atoms with Crippen molar-refractivity contribution in [3.63, 3.8) is 0 Å². The number of nitrogens with two attached hydrogens (primary N) is 1. The maximum Gasteiger partial charge on any atom is 0.122 e. The van der Waals surface area contributed by atoms with Gasteiger partial charge in [0.15, 0.2) is 0 Å². The number of anilines is 1. The molecule has 0 amide bonds. The number of ether oxygens (including phenoxy) is 1. The fourth-order valence-electron chi connectivity index (χ4n) is 1.97. The Morgan fingerprint density at radius 3 is 2.78 bits per heavy atom. The number of nitrogen functional groups attached to an aromatic ring is 1. The van der Waals surface area contributed by atoms with Crippen LogP contribution in [-0.2, 0) is 0 Å². The molecule has 0 aliphatic carbocycles. The van der Waals surface area contributed by atoms with E-state index < -0.39 is 0 Å². The van der Waals surface area contributed by atoms with Crippen LogP contribution in [0.3, 0.4) is 0 Å². The summed E-state index contributed by atoms with van der Waals surface area (Å²) in [7, 11) is 0. The van der Waals surface area contributed by atoms with Crippen LogP contribution in [0.5, 0.6) is 5.75 Å². The number of hydrogen-bond donors (Lipinski definition) is 1. The number of benzene rings is 1. The van der Waals surface area contributed by atoms with Crippen LogP contribution >= 0.6 is 0 Å². The Bertz CT molecular complexity index is 532. The van der Waals surface area contributed by atoms with Crippen molar-refractivity contribution < 1.29 is 4.74 Å². The second-order valence-electron chi connectivity index (χ2n) is 4.48. The van der Waals surface area contributed by atoms with E-state index in [4.69, 9.17) is 10.5 Å². The molecule has 2 N–H and O–H groups in total. The van der Waals surface area contributed by atoms with Gasteiger partial charge in [0, 0.05) is 29.6 Å². The van der Waals surface area contributed by atoms with Crippen molar-refractivity contribution in [3.8, 4) is 17.0 Å². The Kier molecular flexibility index (Phi) is 3.55. The quantitative estimate of drug-likeness (QED) is 0.842. The second-order valence-corrected chi connectivity index (χ2v) is 4.48. The molecule has 0 aliphatic heterocycles. The summed E-state index contributed by atoms with van der Waals surface area (Å²) in [6.07, 6.45) is 1.80. The largest absolute Gasteiger partial charge is 0.494 e. The number of hydrogen-bond acceptors (Lipinski definition) is 3. The van der Waals surface area contributed by atoms with E-state index in [1.54, 1.807) is 6.20 Å². The Hall–Kier alpha value is -1.97. The minimum absolute atomic E-state index is 0.312. The fourth-order valence-corrected chi connectivity index (χ4v) is 1.97. The monoisotopic (exact) mass is 245 g/mol. The summed E-state index contributed by atoms with van der Waals surface area (Å²) in [6.45, 7) is 6.80. The lowest BCUT2D eigenvalue weighted by molar-refractivity contribution is 0.340. The summed E-state index contributed by atoms with van der Waals surface area (Å²) in [4.78, 5) is 0. The smallest absolute Gasteiger partial charge is 0.122 e. The standard InChI is InChI=1S/C14H19N3O/c1-4-18-13-8-11(7-12(15)9-13)14-5-6-16-17(14)10(2)3/h5-10H,4,15H2,1-3H3. The van der Waals surface area contributed by atoms with Crippen LogP contribution in [0.4, 0.5) is 5.69 Å². The van der Waals surface area contributed by atoms with Crippen molar-refractivity contribution in [1.82, 2.24) is 9.78 Å². The number of rotatable bonds is 4. The van der Waals surface area contributed by atoms with Gasteiger partial charge in [0.1, 0.15) is 5.75 Å². The molecule has 0 radical (unpaired) electrons. The topological polar surface area (TPSA) is 53.1 Å². The maximum atomic E-state index is 5.91. The molecule has 1 aromatic carbocycles. The number of aromatic nitrogens is 2. The van der Waals surface area contributed by atoms with Gasteiger partial charge in [-0.3, -0.25) is 4.68 Å². The first-order valence-electron chi connectivity index (χ1n) is 6.19. The molecule has 0 aliphatic rings. The minimum atomic E-state index is 0.312. The third-order valence-electron chi connectivity index (χ3n) is 2.70. The highest BCUT2D eigenvalue weighted by molar-refractivity contribution is 5.67. The van der Waals surface area contributed by atoms with E-state index in [9.17, 15) is 0 Å². The Labute approximate surface area is 107 Å². The van der Waals surface area contributed by atoms with Crippen LogP contribution < -0.4 is 10.5 Å². The molecule has 1 heterocycles.